The molecule has 0 saturated heterocycles. The Kier molecular flexibility index (Phi) is 9.51. The van der Waals surface area contributed by atoms with Crippen molar-refractivity contribution in [2.24, 2.45) is 4.99 Å². The fourth-order valence-electron chi connectivity index (χ4n) is 2.57. The van der Waals surface area contributed by atoms with Gasteiger partial charge in [0, 0.05) is 25.1 Å². The minimum absolute atomic E-state index is 0. The molecule has 11 heteroatoms. The van der Waals surface area contributed by atoms with E-state index in [-0.39, 0.29) is 36.3 Å². The Bertz CT molecular complexity index is 917. The molecule has 2 aromatic heterocycles. The van der Waals surface area contributed by atoms with Gasteiger partial charge in [0.1, 0.15) is 11.6 Å². The minimum atomic E-state index is -2.88. The second-order valence-corrected chi connectivity index (χ2v) is 5.94. The molecule has 0 aliphatic carbocycles. The Morgan fingerprint density at radius 2 is 2.07 bits per heavy atom. The molecule has 30 heavy (non-hydrogen) atoms. The third-order valence-corrected chi connectivity index (χ3v) is 3.87. The largest absolute Gasteiger partial charge is 0.461 e. The van der Waals surface area contributed by atoms with Crippen molar-refractivity contribution in [2.45, 2.75) is 26.5 Å². The van der Waals surface area contributed by atoms with Gasteiger partial charge in [-0.3, -0.25) is 5.10 Å². The van der Waals surface area contributed by atoms with Gasteiger partial charge in [-0.25, -0.2) is 9.98 Å². The third kappa shape index (κ3) is 6.97. The maximum atomic E-state index is 12.5. The third-order valence-electron chi connectivity index (χ3n) is 3.87. The second kappa shape index (κ2) is 12.1. The number of hydrogen-bond donors (Lipinski definition) is 3. The van der Waals surface area contributed by atoms with Crippen molar-refractivity contribution in [3.63, 3.8) is 0 Å². The number of aromatic nitrogens is 3. The molecule has 3 rings (SSSR count). The Morgan fingerprint density at radius 3 is 2.80 bits per heavy atom. The summed E-state index contributed by atoms with van der Waals surface area (Å²) < 4.78 is 34.9. The highest BCUT2D eigenvalue weighted by molar-refractivity contribution is 14.0. The molecule has 8 nitrogen and oxygen atoms in total. The molecule has 0 aliphatic rings. The standard InChI is InChI=1S/C19H22F2N6O2.HI/c1-2-22-19(24-12-13-6-3-4-7-14(13)29-18(20)21)23-10-9-16-25-17(27-26-16)15-8-5-11-28-15;/h3-8,11,18H,2,9-10,12H2,1H3,(H2,22,23,24)(H,25,26,27);1H. The molecule has 0 radical (unpaired) electrons. The fraction of sp³-hybridized carbons (Fsp3) is 0.316. The Balaban J connectivity index is 0.00000320. The number of hydrogen-bond acceptors (Lipinski definition) is 5. The Hall–Kier alpha value is -2.70. The predicted molar refractivity (Wildman–Crippen MR) is 119 cm³/mol. The van der Waals surface area contributed by atoms with Gasteiger partial charge >= 0.3 is 6.61 Å². The van der Waals surface area contributed by atoms with E-state index in [9.17, 15) is 8.78 Å². The highest BCUT2D eigenvalue weighted by Gasteiger charge is 2.10. The van der Waals surface area contributed by atoms with E-state index in [0.29, 0.717) is 48.4 Å². The van der Waals surface area contributed by atoms with Gasteiger partial charge in [-0.2, -0.15) is 13.9 Å². The molecule has 0 bridgehead atoms. The lowest BCUT2D eigenvalue weighted by Crippen LogP contribution is -2.38. The summed E-state index contributed by atoms with van der Waals surface area (Å²) in [4.78, 5) is 8.82. The average molecular weight is 532 g/mol. The molecule has 2 heterocycles. The number of furan rings is 1. The topological polar surface area (TPSA) is 100 Å². The summed E-state index contributed by atoms with van der Waals surface area (Å²) >= 11 is 0. The molecule has 3 N–H and O–H groups in total. The molecule has 0 fully saturated rings. The molecule has 162 valence electrons. The first-order valence-corrected chi connectivity index (χ1v) is 9.15. The number of nitrogens with one attached hydrogen (secondary N) is 3. The summed E-state index contributed by atoms with van der Waals surface area (Å²) in [5.74, 6) is 2.48. The summed E-state index contributed by atoms with van der Waals surface area (Å²) in [5, 5.41) is 13.3. The number of alkyl halides is 2. The quantitative estimate of drug-likeness (QED) is 0.221. The number of benzene rings is 1. The number of guanidine groups is 1. The van der Waals surface area contributed by atoms with Crippen LogP contribution in [-0.2, 0) is 13.0 Å². The van der Waals surface area contributed by atoms with Crippen LogP contribution >= 0.6 is 24.0 Å². The maximum Gasteiger partial charge on any atom is 0.387 e. The van der Waals surface area contributed by atoms with E-state index in [0.717, 1.165) is 0 Å². The van der Waals surface area contributed by atoms with Crippen molar-refractivity contribution in [2.75, 3.05) is 13.1 Å². The number of H-pyrrole nitrogens is 1. The normalized spacial score (nSPS) is 11.3. The summed E-state index contributed by atoms with van der Waals surface area (Å²) in [7, 11) is 0. The molecular weight excluding hydrogens is 509 g/mol. The number of ether oxygens (including phenoxy) is 1. The van der Waals surface area contributed by atoms with Crippen LogP contribution in [0.25, 0.3) is 11.6 Å². The maximum absolute atomic E-state index is 12.5. The number of rotatable bonds is 9. The van der Waals surface area contributed by atoms with Gasteiger partial charge in [-0.05, 0) is 25.1 Å². The molecule has 3 aromatic rings. The number of nitrogens with zero attached hydrogens (tertiary/aromatic N) is 3. The van der Waals surface area contributed by atoms with Crippen LogP contribution in [0.1, 0.15) is 18.3 Å². The van der Waals surface area contributed by atoms with Crippen LogP contribution in [0.3, 0.4) is 0 Å². The molecule has 0 atom stereocenters. The lowest BCUT2D eigenvalue weighted by atomic mass is 10.2. The van der Waals surface area contributed by atoms with E-state index >= 15 is 0 Å². The van der Waals surface area contributed by atoms with Crippen LogP contribution in [0.15, 0.2) is 52.1 Å². The highest BCUT2D eigenvalue weighted by Crippen LogP contribution is 2.21. The number of aromatic amines is 1. The lowest BCUT2D eigenvalue weighted by molar-refractivity contribution is -0.0504. The van der Waals surface area contributed by atoms with Gasteiger partial charge in [0.05, 0.1) is 12.8 Å². The minimum Gasteiger partial charge on any atom is -0.461 e. The van der Waals surface area contributed by atoms with Gasteiger partial charge in [-0.15, -0.1) is 24.0 Å². The van der Waals surface area contributed by atoms with Crippen molar-refractivity contribution >= 4 is 29.9 Å². The summed E-state index contributed by atoms with van der Waals surface area (Å²) in [6.07, 6.45) is 2.15. The molecule has 0 amide bonds. The molecule has 0 spiro atoms. The van der Waals surface area contributed by atoms with E-state index in [1.165, 1.54) is 6.07 Å². The van der Waals surface area contributed by atoms with E-state index < -0.39 is 6.61 Å². The van der Waals surface area contributed by atoms with Crippen molar-refractivity contribution in [1.29, 1.82) is 0 Å². The van der Waals surface area contributed by atoms with E-state index in [1.807, 2.05) is 6.92 Å². The van der Waals surface area contributed by atoms with Crippen molar-refractivity contribution in [3.8, 4) is 17.3 Å². The van der Waals surface area contributed by atoms with Crippen LogP contribution in [0.2, 0.25) is 0 Å². The van der Waals surface area contributed by atoms with Crippen LogP contribution < -0.4 is 15.4 Å². The molecular formula is C19H23F2IN6O2. The zero-order valence-electron chi connectivity index (χ0n) is 16.3. The van der Waals surface area contributed by atoms with Gasteiger partial charge in [-0.1, -0.05) is 18.2 Å². The summed E-state index contributed by atoms with van der Waals surface area (Å²) in [6.45, 7) is 0.472. The smallest absolute Gasteiger partial charge is 0.387 e. The van der Waals surface area contributed by atoms with E-state index in [1.54, 1.807) is 36.6 Å². The number of aliphatic imine (C=N–C) groups is 1. The lowest BCUT2D eigenvalue weighted by Gasteiger charge is -2.12. The zero-order chi connectivity index (χ0) is 20.5. The molecule has 1 aromatic carbocycles. The SMILES string of the molecule is CCNC(=NCc1ccccc1OC(F)F)NCCc1nc(-c2ccco2)n[nH]1.I. The fourth-order valence-corrected chi connectivity index (χ4v) is 2.57. The number of halogens is 3. The first kappa shape index (κ1) is 23.6. The van der Waals surface area contributed by atoms with Gasteiger partial charge in [0.25, 0.3) is 0 Å². The van der Waals surface area contributed by atoms with E-state index in [4.69, 9.17) is 4.42 Å². The Labute approximate surface area is 189 Å². The van der Waals surface area contributed by atoms with E-state index in [2.05, 4.69) is 35.5 Å². The summed E-state index contributed by atoms with van der Waals surface area (Å²) in [6, 6.07) is 10.2. The number of para-hydroxylation sites is 1. The first-order chi connectivity index (χ1) is 14.2. The zero-order valence-corrected chi connectivity index (χ0v) is 18.6. The molecule has 0 aliphatic heterocycles. The van der Waals surface area contributed by atoms with Crippen molar-refractivity contribution in [1.82, 2.24) is 25.8 Å². The predicted octanol–water partition coefficient (Wildman–Crippen LogP) is 3.58. The van der Waals surface area contributed by atoms with Crippen LogP contribution in [0.4, 0.5) is 8.78 Å². The van der Waals surface area contributed by atoms with Gasteiger partial charge in [0.2, 0.25) is 5.82 Å². The summed E-state index contributed by atoms with van der Waals surface area (Å²) in [5.41, 5.74) is 0.573. The van der Waals surface area contributed by atoms with Gasteiger partial charge < -0.3 is 19.8 Å². The van der Waals surface area contributed by atoms with Crippen LogP contribution in [0.5, 0.6) is 5.75 Å². The average Bonchev–Trinajstić information content (AvgIpc) is 3.38. The second-order valence-electron chi connectivity index (χ2n) is 5.94. The molecule has 0 saturated carbocycles. The Morgan fingerprint density at radius 1 is 1.23 bits per heavy atom. The van der Waals surface area contributed by atoms with Gasteiger partial charge in [0.15, 0.2) is 11.7 Å². The van der Waals surface area contributed by atoms with Crippen molar-refractivity contribution in [3.05, 3.63) is 54.0 Å². The van der Waals surface area contributed by atoms with Crippen molar-refractivity contribution < 1.29 is 17.9 Å². The highest BCUT2D eigenvalue weighted by atomic mass is 127. The first-order valence-electron chi connectivity index (χ1n) is 9.15. The van der Waals surface area contributed by atoms with Crippen LogP contribution in [0, 0.1) is 0 Å². The monoisotopic (exact) mass is 532 g/mol. The molecule has 0 unspecified atom stereocenters. The van der Waals surface area contributed by atoms with Crippen LogP contribution in [-0.4, -0.2) is 40.8 Å².